The van der Waals surface area contributed by atoms with E-state index in [1.807, 2.05) is 13.8 Å². The van der Waals surface area contributed by atoms with E-state index >= 15 is 0 Å². The van der Waals surface area contributed by atoms with Crippen molar-refractivity contribution in [2.24, 2.45) is 11.8 Å². The van der Waals surface area contributed by atoms with Crippen molar-refractivity contribution in [2.75, 3.05) is 6.61 Å². The summed E-state index contributed by atoms with van der Waals surface area (Å²) in [4.78, 5) is 22.5. The first-order valence-corrected chi connectivity index (χ1v) is 6.77. The Labute approximate surface area is 119 Å². The molecule has 5 heteroatoms. The summed E-state index contributed by atoms with van der Waals surface area (Å²) in [5.41, 5.74) is -0.153. The Kier molecular flexibility index (Phi) is 8.76. The maximum absolute atomic E-state index is 11.6. The zero-order valence-corrected chi connectivity index (χ0v) is 12.2. The highest BCUT2D eigenvalue weighted by Crippen LogP contribution is 2.25. The summed E-state index contributed by atoms with van der Waals surface area (Å²) < 4.78 is 4.43. The molecule has 0 aromatic rings. The van der Waals surface area contributed by atoms with Crippen molar-refractivity contribution < 1.29 is 24.5 Å². The molecule has 114 valence electrons. The number of rotatable bonds is 9. The van der Waals surface area contributed by atoms with Crippen molar-refractivity contribution in [3.05, 3.63) is 24.8 Å². The van der Waals surface area contributed by atoms with Crippen molar-refractivity contribution in [3.63, 3.8) is 0 Å². The van der Waals surface area contributed by atoms with E-state index in [0.29, 0.717) is 12.8 Å². The van der Waals surface area contributed by atoms with Crippen LogP contribution in [0.25, 0.3) is 0 Å². The molecule has 0 fully saturated rings. The standard InChI is InChI=1S/C15H24O5/c1-5-11(9-16)8-12(6-2)14(18)10(4)15(19)20-13(17)7-3/h7,11-12,14,16,18H,3-6,8-9H2,1-2H3. The summed E-state index contributed by atoms with van der Waals surface area (Å²) in [5.74, 6) is -1.98. The van der Waals surface area contributed by atoms with Gasteiger partial charge in [0.25, 0.3) is 0 Å². The van der Waals surface area contributed by atoms with E-state index in [4.69, 9.17) is 0 Å². The zero-order chi connectivity index (χ0) is 15.7. The molecule has 0 aromatic carbocycles. The van der Waals surface area contributed by atoms with Crippen molar-refractivity contribution in [1.82, 2.24) is 0 Å². The van der Waals surface area contributed by atoms with E-state index in [9.17, 15) is 19.8 Å². The van der Waals surface area contributed by atoms with Gasteiger partial charge in [-0.1, -0.05) is 39.8 Å². The van der Waals surface area contributed by atoms with Gasteiger partial charge in [0.1, 0.15) is 0 Å². The number of esters is 2. The highest BCUT2D eigenvalue weighted by Gasteiger charge is 2.28. The third-order valence-corrected chi connectivity index (χ3v) is 3.42. The maximum atomic E-state index is 11.6. The molecule has 0 heterocycles. The van der Waals surface area contributed by atoms with Crippen LogP contribution in [0.5, 0.6) is 0 Å². The second-order valence-electron chi connectivity index (χ2n) is 4.74. The molecule has 0 amide bonds. The number of carbonyl (C=O) groups excluding carboxylic acids is 2. The number of aliphatic hydroxyl groups is 2. The molecule has 0 saturated heterocycles. The average Bonchev–Trinajstić information content (AvgIpc) is 2.46. The predicted molar refractivity (Wildman–Crippen MR) is 75.7 cm³/mol. The van der Waals surface area contributed by atoms with E-state index in [2.05, 4.69) is 17.9 Å². The normalized spacial score (nSPS) is 15.0. The molecule has 0 bridgehead atoms. The van der Waals surface area contributed by atoms with E-state index in [0.717, 1.165) is 12.5 Å². The monoisotopic (exact) mass is 284 g/mol. The minimum absolute atomic E-state index is 0.0333. The van der Waals surface area contributed by atoms with Crippen molar-refractivity contribution >= 4 is 11.9 Å². The largest absolute Gasteiger partial charge is 0.396 e. The highest BCUT2D eigenvalue weighted by atomic mass is 16.6. The number of aliphatic hydroxyl groups excluding tert-OH is 2. The molecule has 3 atom stereocenters. The van der Waals surface area contributed by atoms with Crippen molar-refractivity contribution in [2.45, 2.75) is 39.2 Å². The first-order valence-electron chi connectivity index (χ1n) is 6.77. The third kappa shape index (κ3) is 5.67. The lowest BCUT2D eigenvalue weighted by molar-refractivity contribution is -0.154. The fraction of sp³-hybridized carbons (Fsp3) is 0.600. The smallest absolute Gasteiger partial charge is 0.343 e. The first-order chi connectivity index (χ1) is 9.40. The lowest BCUT2D eigenvalue weighted by Gasteiger charge is -2.25. The van der Waals surface area contributed by atoms with Crippen LogP contribution < -0.4 is 0 Å². The summed E-state index contributed by atoms with van der Waals surface area (Å²) in [6, 6.07) is 0. The van der Waals surface area contributed by atoms with Gasteiger partial charge >= 0.3 is 11.9 Å². The van der Waals surface area contributed by atoms with Crippen LogP contribution in [0.15, 0.2) is 24.8 Å². The molecule has 0 radical (unpaired) electrons. The van der Waals surface area contributed by atoms with Crippen LogP contribution in [0.4, 0.5) is 0 Å². The molecular formula is C15H24O5. The van der Waals surface area contributed by atoms with Gasteiger partial charge in [-0.2, -0.15) is 0 Å². The number of hydrogen-bond acceptors (Lipinski definition) is 5. The van der Waals surface area contributed by atoms with Gasteiger partial charge < -0.3 is 14.9 Å². The Morgan fingerprint density at radius 3 is 2.30 bits per heavy atom. The van der Waals surface area contributed by atoms with Gasteiger partial charge in [-0.25, -0.2) is 9.59 Å². The SMILES string of the molecule is C=CC(=O)OC(=O)C(=C)C(O)C(CC)CC(CC)CO. The molecule has 2 N–H and O–H groups in total. The summed E-state index contributed by atoms with van der Waals surface area (Å²) >= 11 is 0. The molecule has 0 aromatic heterocycles. The van der Waals surface area contributed by atoms with Gasteiger partial charge in [0.05, 0.1) is 11.7 Å². The molecule has 20 heavy (non-hydrogen) atoms. The molecule has 5 nitrogen and oxygen atoms in total. The van der Waals surface area contributed by atoms with E-state index in [1.54, 1.807) is 0 Å². The van der Waals surface area contributed by atoms with Gasteiger partial charge in [0, 0.05) is 12.7 Å². The molecule has 0 aliphatic carbocycles. The Balaban J connectivity index is 4.69. The van der Waals surface area contributed by atoms with Crippen LogP contribution in [0, 0.1) is 11.8 Å². The minimum atomic E-state index is -1.09. The number of carbonyl (C=O) groups is 2. The van der Waals surface area contributed by atoms with Gasteiger partial charge in [0.2, 0.25) is 0 Å². The zero-order valence-electron chi connectivity index (χ0n) is 12.2. The van der Waals surface area contributed by atoms with E-state index in [-0.39, 0.29) is 24.0 Å². The van der Waals surface area contributed by atoms with Gasteiger partial charge in [-0.3, -0.25) is 0 Å². The topological polar surface area (TPSA) is 83.8 Å². The van der Waals surface area contributed by atoms with Gasteiger partial charge in [0.15, 0.2) is 0 Å². The second kappa shape index (κ2) is 9.44. The van der Waals surface area contributed by atoms with Crippen LogP contribution in [-0.4, -0.2) is 34.9 Å². The fourth-order valence-electron chi connectivity index (χ4n) is 1.92. The Morgan fingerprint density at radius 1 is 1.30 bits per heavy atom. The molecule has 0 aliphatic heterocycles. The quantitative estimate of drug-likeness (QED) is 0.381. The Morgan fingerprint density at radius 2 is 1.90 bits per heavy atom. The lowest BCUT2D eigenvalue weighted by atomic mass is 9.85. The number of ether oxygens (including phenoxy) is 1. The summed E-state index contributed by atoms with van der Waals surface area (Å²) in [6.45, 7) is 10.5. The van der Waals surface area contributed by atoms with Gasteiger partial charge in [-0.15, -0.1) is 0 Å². The second-order valence-corrected chi connectivity index (χ2v) is 4.74. The lowest BCUT2D eigenvalue weighted by Crippen LogP contribution is -2.30. The third-order valence-electron chi connectivity index (χ3n) is 3.42. The highest BCUT2D eigenvalue weighted by molar-refractivity contribution is 5.99. The van der Waals surface area contributed by atoms with Crippen molar-refractivity contribution in [1.29, 1.82) is 0 Å². The van der Waals surface area contributed by atoms with E-state index in [1.165, 1.54) is 0 Å². The summed E-state index contributed by atoms with van der Waals surface area (Å²) in [7, 11) is 0. The first kappa shape index (κ1) is 18.5. The molecule has 0 spiro atoms. The van der Waals surface area contributed by atoms with Crippen LogP contribution in [0.2, 0.25) is 0 Å². The molecule has 0 rings (SSSR count). The minimum Gasteiger partial charge on any atom is -0.396 e. The maximum Gasteiger partial charge on any atom is 0.343 e. The molecule has 0 saturated carbocycles. The summed E-state index contributed by atoms with van der Waals surface area (Å²) in [5, 5.41) is 19.4. The van der Waals surface area contributed by atoms with Crippen LogP contribution >= 0.6 is 0 Å². The van der Waals surface area contributed by atoms with Crippen molar-refractivity contribution in [3.8, 4) is 0 Å². The fourth-order valence-corrected chi connectivity index (χ4v) is 1.92. The van der Waals surface area contributed by atoms with E-state index < -0.39 is 18.0 Å². The van der Waals surface area contributed by atoms with Crippen LogP contribution in [-0.2, 0) is 14.3 Å². The molecule has 0 aliphatic rings. The van der Waals surface area contributed by atoms with Gasteiger partial charge in [-0.05, 0) is 18.3 Å². The predicted octanol–water partition coefficient (Wildman–Crippen LogP) is 1.59. The Hall–Kier alpha value is -1.46. The average molecular weight is 284 g/mol. The molecule has 3 unspecified atom stereocenters. The summed E-state index contributed by atoms with van der Waals surface area (Å²) in [6.07, 6.45) is 1.76. The number of hydrogen-bond donors (Lipinski definition) is 2. The van der Waals surface area contributed by atoms with Crippen LogP contribution in [0.1, 0.15) is 33.1 Å². The Bertz CT molecular complexity index is 357. The van der Waals surface area contributed by atoms with Crippen LogP contribution in [0.3, 0.4) is 0 Å². The molecular weight excluding hydrogens is 260 g/mol.